The average Bonchev–Trinajstić information content (AvgIpc) is 2.80. The van der Waals surface area contributed by atoms with Crippen LogP contribution in [0.15, 0.2) is 0 Å². The molecule has 21 heavy (non-hydrogen) atoms. The molecule has 2 fully saturated rings. The van der Waals surface area contributed by atoms with Gasteiger partial charge in [-0.25, -0.2) is 0 Å². The summed E-state index contributed by atoms with van der Waals surface area (Å²) in [6.45, 7) is 3.45. The minimum Gasteiger partial charge on any atom is -0.389 e. The zero-order chi connectivity index (χ0) is 14.9. The molecule has 0 aromatic rings. The third kappa shape index (κ3) is 6.25. The number of aliphatic hydroxyl groups excluding tert-OH is 1. The van der Waals surface area contributed by atoms with Crippen molar-refractivity contribution in [1.29, 1.82) is 0 Å². The Morgan fingerprint density at radius 2 is 1.67 bits per heavy atom. The lowest BCUT2D eigenvalue weighted by Gasteiger charge is -2.31. The molecule has 3 nitrogen and oxygen atoms in total. The number of nitrogens with one attached hydrogen (secondary N) is 1. The molecule has 0 aliphatic heterocycles. The van der Waals surface area contributed by atoms with Crippen molar-refractivity contribution in [2.75, 3.05) is 13.2 Å². The number of ether oxygens (including phenoxy) is 1. The van der Waals surface area contributed by atoms with Gasteiger partial charge in [-0.3, -0.25) is 0 Å². The largest absolute Gasteiger partial charge is 0.389 e. The van der Waals surface area contributed by atoms with Crippen LogP contribution >= 0.6 is 0 Å². The number of hydrogen-bond acceptors (Lipinski definition) is 3. The molecule has 0 aromatic carbocycles. The van der Waals surface area contributed by atoms with Gasteiger partial charge in [0.2, 0.25) is 0 Å². The van der Waals surface area contributed by atoms with E-state index in [0.29, 0.717) is 31.2 Å². The Bertz CT molecular complexity index is 264. The van der Waals surface area contributed by atoms with Crippen LogP contribution in [0.4, 0.5) is 0 Å². The van der Waals surface area contributed by atoms with E-state index in [9.17, 15) is 5.11 Å². The summed E-state index contributed by atoms with van der Waals surface area (Å²) in [5, 5.41) is 13.7. The Morgan fingerprint density at radius 3 is 2.38 bits per heavy atom. The molecule has 3 atom stereocenters. The van der Waals surface area contributed by atoms with E-state index in [1.54, 1.807) is 0 Å². The van der Waals surface area contributed by atoms with Gasteiger partial charge in [0.25, 0.3) is 0 Å². The Hall–Kier alpha value is -0.120. The van der Waals surface area contributed by atoms with Crippen molar-refractivity contribution in [2.24, 2.45) is 5.92 Å². The van der Waals surface area contributed by atoms with Crippen molar-refractivity contribution < 1.29 is 9.84 Å². The van der Waals surface area contributed by atoms with Crippen LogP contribution in [-0.4, -0.2) is 36.5 Å². The number of aliphatic hydroxyl groups is 1. The Morgan fingerprint density at radius 1 is 1.00 bits per heavy atom. The molecule has 2 aliphatic rings. The molecular weight excluding hydrogens is 262 g/mol. The summed E-state index contributed by atoms with van der Waals surface area (Å²) >= 11 is 0. The summed E-state index contributed by atoms with van der Waals surface area (Å²) in [5.74, 6) is 0.709. The minimum absolute atomic E-state index is 0.354. The van der Waals surface area contributed by atoms with Crippen molar-refractivity contribution in [2.45, 2.75) is 95.8 Å². The topological polar surface area (TPSA) is 41.5 Å². The number of rotatable bonds is 7. The molecule has 0 heterocycles. The van der Waals surface area contributed by atoms with Gasteiger partial charge in [0.05, 0.1) is 18.8 Å². The second-order valence-electron chi connectivity index (χ2n) is 7.08. The fourth-order valence-corrected chi connectivity index (χ4v) is 3.94. The summed E-state index contributed by atoms with van der Waals surface area (Å²) in [5.41, 5.74) is 0. The second kappa shape index (κ2) is 9.81. The first-order valence-electron chi connectivity index (χ1n) is 9.32. The van der Waals surface area contributed by atoms with Crippen molar-refractivity contribution >= 4 is 0 Å². The maximum absolute atomic E-state index is 10.2. The van der Waals surface area contributed by atoms with Gasteiger partial charge in [-0.15, -0.1) is 0 Å². The third-order valence-electron chi connectivity index (χ3n) is 5.36. The maximum atomic E-state index is 10.2. The van der Waals surface area contributed by atoms with E-state index in [1.165, 1.54) is 70.6 Å². The molecular formula is C18H35NO2. The zero-order valence-electron chi connectivity index (χ0n) is 13.9. The Kier molecular flexibility index (Phi) is 8.05. The highest BCUT2D eigenvalue weighted by molar-refractivity contribution is 4.76. The first-order valence-corrected chi connectivity index (χ1v) is 9.32. The van der Waals surface area contributed by atoms with E-state index in [1.807, 2.05) is 0 Å². The van der Waals surface area contributed by atoms with Gasteiger partial charge in [0, 0.05) is 12.6 Å². The third-order valence-corrected chi connectivity index (χ3v) is 5.36. The van der Waals surface area contributed by atoms with Gasteiger partial charge >= 0.3 is 0 Å². The molecule has 0 saturated heterocycles. The average molecular weight is 297 g/mol. The summed E-state index contributed by atoms with van der Waals surface area (Å²) in [6.07, 6.45) is 14.3. The lowest BCUT2D eigenvalue weighted by Crippen LogP contribution is -2.39. The number of hydrogen-bond donors (Lipinski definition) is 2. The van der Waals surface area contributed by atoms with Gasteiger partial charge < -0.3 is 15.2 Å². The highest BCUT2D eigenvalue weighted by Gasteiger charge is 2.25. The highest BCUT2D eigenvalue weighted by Crippen LogP contribution is 2.29. The Balaban J connectivity index is 1.61. The van der Waals surface area contributed by atoms with Gasteiger partial charge in [-0.05, 0) is 31.6 Å². The molecule has 0 amide bonds. The van der Waals surface area contributed by atoms with Crippen LogP contribution in [0, 0.1) is 5.92 Å². The molecule has 0 aromatic heterocycles. The van der Waals surface area contributed by atoms with Crippen LogP contribution in [0.5, 0.6) is 0 Å². The lowest BCUT2D eigenvalue weighted by atomic mass is 9.85. The molecule has 2 saturated carbocycles. The smallest absolute Gasteiger partial charge is 0.0897 e. The molecule has 0 radical (unpaired) electrons. The molecule has 2 N–H and O–H groups in total. The normalized spacial score (nSPS) is 30.0. The van der Waals surface area contributed by atoms with E-state index in [2.05, 4.69) is 12.2 Å². The highest BCUT2D eigenvalue weighted by atomic mass is 16.5. The lowest BCUT2D eigenvalue weighted by molar-refractivity contribution is -0.0504. The van der Waals surface area contributed by atoms with Crippen LogP contribution < -0.4 is 5.32 Å². The van der Waals surface area contributed by atoms with Crippen LogP contribution in [0.3, 0.4) is 0 Å². The summed E-state index contributed by atoms with van der Waals surface area (Å²) in [6, 6.07) is 0.611. The SMILES string of the molecule is CCC1CCCCC1OCC(O)CNC1CCCCCC1. The van der Waals surface area contributed by atoms with Crippen LogP contribution in [0.25, 0.3) is 0 Å². The second-order valence-corrected chi connectivity index (χ2v) is 7.08. The molecule has 3 unspecified atom stereocenters. The molecule has 2 aliphatic carbocycles. The van der Waals surface area contributed by atoms with Crippen LogP contribution in [0.1, 0.15) is 77.6 Å². The molecule has 124 valence electrons. The van der Waals surface area contributed by atoms with Crippen LogP contribution in [-0.2, 0) is 4.74 Å². The Labute approximate surface area is 130 Å². The van der Waals surface area contributed by atoms with Crippen molar-refractivity contribution in [3.05, 3.63) is 0 Å². The first-order chi connectivity index (χ1) is 10.3. The van der Waals surface area contributed by atoms with E-state index in [0.717, 1.165) is 0 Å². The molecule has 0 bridgehead atoms. The molecule has 0 spiro atoms. The summed E-state index contributed by atoms with van der Waals surface area (Å²) in [4.78, 5) is 0. The van der Waals surface area contributed by atoms with Crippen molar-refractivity contribution in [3.8, 4) is 0 Å². The quantitative estimate of drug-likeness (QED) is 0.705. The minimum atomic E-state index is -0.354. The standard InChI is InChI=1S/C18H35NO2/c1-2-15-9-7-8-12-18(15)21-14-17(20)13-19-16-10-5-3-4-6-11-16/h15-20H,2-14H2,1H3. The first kappa shape index (κ1) is 17.2. The fraction of sp³-hybridized carbons (Fsp3) is 1.00. The fourth-order valence-electron chi connectivity index (χ4n) is 3.94. The predicted molar refractivity (Wildman–Crippen MR) is 87.5 cm³/mol. The van der Waals surface area contributed by atoms with Gasteiger partial charge in [0.15, 0.2) is 0 Å². The maximum Gasteiger partial charge on any atom is 0.0897 e. The van der Waals surface area contributed by atoms with Crippen LogP contribution in [0.2, 0.25) is 0 Å². The predicted octanol–water partition coefficient (Wildman–Crippen LogP) is 3.65. The summed E-state index contributed by atoms with van der Waals surface area (Å²) < 4.78 is 6.02. The van der Waals surface area contributed by atoms with Gasteiger partial charge in [-0.1, -0.05) is 51.9 Å². The van der Waals surface area contributed by atoms with E-state index in [-0.39, 0.29) is 6.10 Å². The summed E-state index contributed by atoms with van der Waals surface area (Å²) in [7, 11) is 0. The van der Waals surface area contributed by atoms with Gasteiger partial charge in [-0.2, -0.15) is 0 Å². The van der Waals surface area contributed by atoms with E-state index >= 15 is 0 Å². The monoisotopic (exact) mass is 297 g/mol. The van der Waals surface area contributed by atoms with Gasteiger partial charge in [0.1, 0.15) is 0 Å². The zero-order valence-corrected chi connectivity index (χ0v) is 13.9. The van der Waals surface area contributed by atoms with Crippen molar-refractivity contribution in [3.63, 3.8) is 0 Å². The van der Waals surface area contributed by atoms with E-state index < -0.39 is 0 Å². The molecule has 3 heteroatoms. The van der Waals surface area contributed by atoms with E-state index in [4.69, 9.17) is 4.74 Å². The van der Waals surface area contributed by atoms with Crippen molar-refractivity contribution in [1.82, 2.24) is 5.32 Å². The molecule has 2 rings (SSSR count).